The van der Waals surface area contributed by atoms with E-state index < -0.39 is 12.0 Å². The number of allylic oxidation sites excluding steroid dienone is 1. The number of nitrogens with two attached hydrogens (primary N) is 1. The number of carboxylic acids is 1. The number of hydrogen-bond donors (Lipinski definition) is 3. The van der Waals surface area contributed by atoms with E-state index >= 15 is 0 Å². The molecule has 1 heterocycles. The van der Waals surface area contributed by atoms with Gasteiger partial charge in [0, 0.05) is 23.5 Å². The SMILES string of the molecule is C=CCc1ccc2c(C[C@H](N)C(=O)O)c[nH]c2c1. The highest BCUT2D eigenvalue weighted by Crippen LogP contribution is 2.21. The summed E-state index contributed by atoms with van der Waals surface area (Å²) >= 11 is 0. The number of aliphatic carboxylic acids is 1. The Morgan fingerprint density at radius 2 is 2.33 bits per heavy atom. The largest absolute Gasteiger partial charge is 0.480 e. The van der Waals surface area contributed by atoms with E-state index in [4.69, 9.17) is 10.8 Å². The van der Waals surface area contributed by atoms with Crippen molar-refractivity contribution >= 4 is 16.9 Å². The Morgan fingerprint density at radius 3 is 3.00 bits per heavy atom. The highest BCUT2D eigenvalue weighted by molar-refractivity contribution is 5.85. The van der Waals surface area contributed by atoms with Gasteiger partial charge in [0.1, 0.15) is 6.04 Å². The third-order valence-electron chi connectivity index (χ3n) is 2.97. The van der Waals surface area contributed by atoms with Gasteiger partial charge in [0.25, 0.3) is 0 Å². The monoisotopic (exact) mass is 244 g/mol. The predicted molar refractivity (Wildman–Crippen MR) is 71.5 cm³/mol. The number of carboxylic acid groups (broad SMARTS) is 1. The lowest BCUT2D eigenvalue weighted by atomic mass is 10.0. The first-order valence-electron chi connectivity index (χ1n) is 5.80. The van der Waals surface area contributed by atoms with Crippen molar-refractivity contribution in [3.63, 3.8) is 0 Å². The van der Waals surface area contributed by atoms with Crippen LogP contribution in [0.3, 0.4) is 0 Å². The molecule has 0 fully saturated rings. The van der Waals surface area contributed by atoms with Crippen LogP contribution in [0.4, 0.5) is 0 Å². The Labute approximate surface area is 105 Å². The van der Waals surface area contributed by atoms with Crippen LogP contribution in [-0.4, -0.2) is 22.1 Å². The number of benzene rings is 1. The first-order chi connectivity index (χ1) is 8.61. The van der Waals surface area contributed by atoms with Crippen molar-refractivity contribution in [3.8, 4) is 0 Å². The molecule has 0 saturated heterocycles. The van der Waals surface area contributed by atoms with E-state index in [2.05, 4.69) is 11.6 Å². The third kappa shape index (κ3) is 2.43. The van der Waals surface area contributed by atoms with Crippen molar-refractivity contribution in [1.82, 2.24) is 4.98 Å². The summed E-state index contributed by atoms with van der Waals surface area (Å²) in [7, 11) is 0. The molecule has 94 valence electrons. The molecule has 1 aromatic heterocycles. The minimum Gasteiger partial charge on any atom is -0.480 e. The lowest BCUT2D eigenvalue weighted by Gasteiger charge is -2.05. The zero-order valence-corrected chi connectivity index (χ0v) is 10.0. The topological polar surface area (TPSA) is 79.1 Å². The van der Waals surface area contributed by atoms with E-state index in [0.717, 1.165) is 22.9 Å². The lowest BCUT2D eigenvalue weighted by Crippen LogP contribution is -2.32. The molecule has 1 atom stereocenters. The fourth-order valence-electron chi connectivity index (χ4n) is 2.02. The van der Waals surface area contributed by atoms with Gasteiger partial charge in [-0.2, -0.15) is 0 Å². The zero-order chi connectivity index (χ0) is 13.1. The first kappa shape index (κ1) is 12.4. The Balaban J connectivity index is 2.31. The van der Waals surface area contributed by atoms with Crippen molar-refractivity contribution in [2.75, 3.05) is 0 Å². The molecule has 0 saturated carbocycles. The van der Waals surface area contributed by atoms with E-state index in [1.165, 1.54) is 5.56 Å². The Morgan fingerprint density at radius 1 is 1.56 bits per heavy atom. The summed E-state index contributed by atoms with van der Waals surface area (Å²) in [6.07, 6.45) is 4.82. The molecule has 0 radical (unpaired) electrons. The smallest absolute Gasteiger partial charge is 0.320 e. The summed E-state index contributed by atoms with van der Waals surface area (Å²) < 4.78 is 0. The average Bonchev–Trinajstić information content (AvgIpc) is 2.72. The molecule has 0 amide bonds. The normalized spacial score (nSPS) is 12.5. The van der Waals surface area contributed by atoms with E-state index in [1.54, 1.807) is 0 Å². The van der Waals surface area contributed by atoms with Crippen LogP contribution in [-0.2, 0) is 17.6 Å². The lowest BCUT2D eigenvalue weighted by molar-refractivity contribution is -0.138. The highest BCUT2D eigenvalue weighted by atomic mass is 16.4. The van der Waals surface area contributed by atoms with E-state index in [-0.39, 0.29) is 0 Å². The molecule has 0 aliphatic carbocycles. The van der Waals surface area contributed by atoms with E-state index in [0.29, 0.717) is 6.42 Å². The van der Waals surface area contributed by atoms with Gasteiger partial charge in [-0.25, -0.2) is 0 Å². The van der Waals surface area contributed by atoms with E-state index in [1.807, 2.05) is 30.5 Å². The number of nitrogens with one attached hydrogen (secondary N) is 1. The maximum Gasteiger partial charge on any atom is 0.320 e. The van der Waals surface area contributed by atoms with Gasteiger partial charge in [-0.3, -0.25) is 4.79 Å². The van der Waals surface area contributed by atoms with Crippen molar-refractivity contribution in [1.29, 1.82) is 0 Å². The first-order valence-corrected chi connectivity index (χ1v) is 5.80. The average molecular weight is 244 g/mol. The summed E-state index contributed by atoms with van der Waals surface area (Å²) in [6.45, 7) is 3.71. The number of H-pyrrole nitrogens is 1. The van der Waals surface area contributed by atoms with Gasteiger partial charge in [-0.1, -0.05) is 18.2 Å². The molecule has 4 heteroatoms. The molecule has 0 spiro atoms. The highest BCUT2D eigenvalue weighted by Gasteiger charge is 2.14. The van der Waals surface area contributed by atoms with Crippen LogP contribution in [0.1, 0.15) is 11.1 Å². The van der Waals surface area contributed by atoms with Crippen LogP contribution < -0.4 is 5.73 Å². The maximum atomic E-state index is 10.8. The number of aromatic nitrogens is 1. The fraction of sp³-hybridized carbons (Fsp3) is 0.214. The number of hydrogen-bond acceptors (Lipinski definition) is 2. The molecule has 18 heavy (non-hydrogen) atoms. The van der Waals surface area contributed by atoms with Gasteiger partial charge in [-0.15, -0.1) is 6.58 Å². The van der Waals surface area contributed by atoms with Gasteiger partial charge in [-0.05, 0) is 23.6 Å². The predicted octanol–water partition coefficient (Wildman–Crippen LogP) is 1.85. The van der Waals surface area contributed by atoms with Crippen LogP contribution in [0.5, 0.6) is 0 Å². The molecular weight excluding hydrogens is 228 g/mol. The van der Waals surface area contributed by atoms with Gasteiger partial charge in [0.2, 0.25) is 0 Å². The Kier molecular flexibility index (Phi) is 3.48. The van der Waals surface area contributed by atoms with Crippen molar-refractivity contribution < 1.29 is 9.90 Å². The minimum atomic E-state index is -0.979. The molecule has 0 aliphatic heterocycles. The van der Waals surface area contributed by atoms with Crippen molar-refractivity contribution in [3.05, 3.63) is 48.2 Å². The number of fused-ring (bicyclic) bond motifs is 1. The summed E-state index contributed by atoms with van der Waals surface area (Å²) in [4.78, 5) is 13.9. The molecule has 0 bridgehead atoms. The minimum absolute atomic E-state index is 0.330. The molecule has 4 N–H and O–H groups in total. The Bertz CT molecular complexity index is 586. The van der Waals surface area contributed by atoms with Crippen LogP contribution >= 0.6 is 0 Å². The van der Waals surface area contributed by atoms with Gasteiger partial charge < -0.3 is 15.8 Å². The molecule has 0 unspecified atom stereocenters. The Hall–Kier alpha value is -2.07. The third-order valence-corrected chi connectivity index (χ3v) is 2.97. The summed E-state index contributed by atoms with van der Waals surface area (Å²) in [5.74, 6) is -0.979. The van der Waals surface area contributed by atoms with Crippen LogP contribution in [0.15, 0.2) is 37.1 Å². The van der Waals surface area contributed by atoms with Crippen LogP contribution in [0.25, 0.3) is 10.9 Å². The maximum absolute atomic E-state index is 10.8. The standard InChI is InChI=1S/C14H16N2O2/c1-2-3-9-4-5-11-10(7-12(15)14(17)18)8-16-13(11)6-9/h2,4-6,8,12,16H,1,3,7,15H2,(H,17,18)/t12-/m0/s1. The number of aromatic amines is 1. The van der Waals surface area contributed by atoms with Gasteiger partial charge in [0.15, 0.2) is 0 Å². The second-order valence-corrected chi connectivity index (χ2v) is 4.34. The molecule has 2 rings (SSSR count). The molecule has 4 nitrogen and oxygen atoms in total. The van der Waals surface area contributed by atoms with Crippen molar-refractivity contribution in [2.24, 2.45) is 5.73 Å². The van der Waals surface area contributed by atoms with E-state index in [9.17, 15) is 4.79 Å². The van der Waals surface area contributed by atoms with Gasteiger partial charge in [0.05, 0.1) is 0 Å². The molecule has 1 aromatic carbocycles. The molecular formula is C14H16N2O2. The number of rotatable bonds is 5. The van der Waals surface area contributed by atoms with Gasteiger partial charge >= 0.3 is 5.97 Å². The summed E-state index contributed by atoms with van der Waals surface area (Å²) in [5, 5.41) is 9.85. The summed E-state index contributed by atoms with van der Waals surface area (Å²) in [5.41, 5.74) is 8.66. The number of carbonyl (C=O) groups is 1. The van der Waals surface area contributed by atoms with Crippen LogP contribution in [0, 0.1) is 0 Å². The fourth-order valence-corrected chi connectivity index (χ4v) is 2.02. The second-order valence-electron chi connectivity index (χ2n) is 4.34. The van der Waals surface area contributed by atoms with Crippen LogP contribution in [0.2, 0.25) is 0 Å². The van der Waals surface area contributed by atoms with Crippen molar-refractivity contribution in [2.45, 2.75) is 18.9 Å². The summed E-state index contributed by atoms with van der Waals surface area (Å²) in [6, 6.07) is 5.20. The molecule has 0 aliphatic rings. The molecule has 2 aromatic rings. The zero-order valence-electron chi connectivity index (χ0n) is 10.0. The quantitative estimate of drug-likeness (QED) is 0.702. The second kappa shape index (κ2) is 5.06.